The first-order valence-corrected chi connectivity index (χ1v) is 11.1. The van der Waals surface area contributed by atoms with Gasteiger partial charge in [-0.25, -0.2) is 13.2 Å². The summed E-state index contributed by atoms with van der Waals surface area (Å²) in [4.78, 5) is 24.3. The molecule has 0 unspecified atom stereocenters. The normalized spacial score (nSPS) is 11.1. The third-order valence-corrected chi connectivity index (χ3v) is 5.79. The first-order valence-electron chi connectivity index (χ1n) is 8.54. The molecule has 0 bridgehead atoms. The van der Waals surface area contributed by atoms with Gasteiger partial charge in [0.25, 0.3) is 0 Å². The lowest BCUT2D eigenvalue weighted by Crippen LogP contribution is -2.37. The maximum absolute atomic E-state index is 12.5. The summed E-state index contributed by atoms with van der Waals surface area (Å²) in [5, 5.41) is 3.06. The van der Waals surface area contributed by atoms with Gasteiger partial charge in [-0.2, -0.15) is 0 Å². The zero-order chi connectivity index (χ0) is 21.8. The topological polar surface area (TPSA) is 92.8 Å². The first-order chi connectivity index (χ1) is 13.5. The highest BCUT2D eigenvalue weighted by Crippen LogP contribution is 2.28. The second-order valence-corrected chi connectivity index (χ2v) is 8.84. The van der Waals surface area contributed by atoms with E-state index in [1.807, 2.05) is 0 Å². The van der Waals surface area contributed by atoms with Gasteiger partial charge in [0, 0.05) is 10.7 Å². The van der Waals surface area contributed by atoms with Gasteiger partial charge in [0.1, 0.15) is 6.54 Å². The fraction of sp³-hybridized carbons (Fsp3) is 0.263. The van der Waals surface area contributed by atoms with Crippen LogP contribution in [-0.4, -0.2) is 39.7 Å². The van der Waals surface area contributed by atoms with Crippen molar-refractivity contribution in [2.75, 3.05) is 29.0 Å². The number of carbonyl (C=O) groups is 2. The predicted octanol–water partition coefficient (Wildman–Crippen LogP) is 3.88. The molecule has 0 aromatic heterocycles. The quantitative estimate of drug-likeness (QED) is 0.635. The van der Waals surface area contributed by atoms with Crippen molar-refractivity contribution in [1.82, 2.24) is 0 Å². The summed E-state index contributed by atoms with van der Waals surface area (Å²) in [5.41, 5.74) is 1.32. The number of hydrogen-bond donors (Lipinski definition) is 1. The van der Waals surface area contributed by atoms with Gasteiger partial charge in [-0.15, -0.1) is 0 Å². The molecule has 0 atom stereocenters. The van der Waals surface area contributed by atoms with E-state index in [-0.39, 0.29) is 17.2 Å². The molecule has 7 nitrogen and oxygen atoms in total. The first kappa shape index (κ1) is 23.0. The number of nitrogens with zero attached hydrogens (tertiary/aromatic N) is 1. The number of hydrogen-bond acceptors (Lipinski definition) is 5. The fourth-order valence-corrected chi connectivity index (χ4v) is 3.88. The average molecular weight is 459 g/mol. The van der Waals surface area contributed by atoms with Crippen LogP contribution in [-0.2, 0) is 19.6 Å². The molecule has 0 heterocycles. The Balaban J connectivity index is 2.22. The molecule has 0 saturated carbocycles. The second kappa shape index (κ2) is 9.47. The van der Waals surface area contributed by atoms with Gasteiger partial charge >= 0.3 is 5.97 Å². The van der Waals surface area contributed by atoms with Gasteiger partial charge in [0.15, 0.2) is 0 Å². The minimum absolute atomic E-state index is 0.104. The number of ether oxygens (including phenoxy) is 1. The molecule has 1 N–H and O–H groups in total. The van der Waals surface area contributed by atoms with Crippen molar-refractivity contribution in [3.05, 3.63) is 57.6 Å². The Labute approximate surface area is 179 Å². The van der Waals surface area contributed by atoms with E-state index in [1.54, 1.807) is 32.0 Å². The van der Waals surface area contributed by atoms with Crippen molar-refractivity contribution < 1.29 is 22.7 Å². The van der Waals surface area contributed by atoms with E-state index in [0.29, 0.717) is 22.0 Å². The van der Waals surface area contributed by atoms with Crippen LogP contribution in [0.4, 0.5) is 11.4 Å². The number of nitrogens with one attached hydrogen (secondary N) is 1. The maximum Gasteiger partial charge on any atom is 0.339 e. The van der Waals surface area contributed by atoms with E-state index in [0.717, 1.165) is 10.6 Å². The van der Waals surface area contributed by atoms with Gasteiger partial charge in [-0.05, 0) is 49.7 Å². The van der Waals surface area contributed by atoms with E-state index < -0.39 is 28.4 Å². The maximum atomic E-state index is 12.5. The molecule has 2 aromatic rings. The predicted molar refractivity (Wildman–Crippen MR) is 114 cm³/mol. The Morgan fingerprint density at radius 3 is 2.41 bits per heavy atom. The molecule has 1 amide bonds. The van der Waals surface area contributed by atoms with Gasteiger partial charge in [-0.1, -0.05) is 29.3 Å². The smallest absolute Gasteiger partial charge is 0.339 e. The number of benzene rings is 2. The molecule has 0 radical (unpaired) electrons. The Kier molecular flexibility index (Phi) is 7.51. The summed E-state index contributed by atoms with van der Waals surface area (Å²) in [7, 11) is -3.75. The lowest BCUT2D eigenvalue weighted by atomic mass is 10.2. The van der Waals surface area contributed by atoms with E-state index in [1.165, 1.54) is 18.2 Å². The van der Waals surface area contributed by atoms with Crippen molar-refractivity contribution in [2.24, 2.45) is 0 Å². The highest BCUT2D eigenvalue weighted by Gasteiger charge is 2.23. The van der Waals surface area contributed by atoms with Crippen molar-refractivity contribution in [3.8, 4) is 0 Å². The Hall–Kier alpha value is -2.29. The number of esters is 1. The van der Waals surface area contributed by atoms with Crippen LogP contribution in [0, 0.1) is 6.92 Å². The number of carbonyl (C=O) groups excluding carboxylic acids is 2. The molecule has 2 rings (SSSR count). The van der Waals surface area contributed by atoms with E-state index in [4.69, 9.17) is 27.9 Å². The molecule has 2 aromatic carbocycles. The highest BCUT2D eigenvalue weighted by molar-refractivity contribution is 7.92. The molecule has 10 heteroatoms. The summed E-state index contributed by atoms with van der Waals surface area (Å²) in [6.07, 6.45) is 1.01. The number of sulfonamides is 1. The molecule has 0 spiro atoms. The van der Waals surface area contributed by atoms with Crippen LogP contribution in [0.25, 0.3) is 0 Å². The van der Waals surface area contributed by atoms with Crippen LogP contribution in [0.2, 0.25) is 10.0 Å². The average Bonchev–Trinajstić information content (AvgIpc) is 2.61. The standard InChI is InChI=1S/C19H20Cl2N2O5S/c1-4-28-19(25)14-9-8-13(10-16(14)21)22-18(24)11-23(29(3,26)27)17-7-5-6-15(20)12(17)2/h5-10H,4,11H2,1-3H3,(H,22,24). The van der Waals surface area contributed by atoms with Crippen LogP contribution in [0.1, 0.15) is 22.8 Å². The zero-order valence-corrected chi connectivity index (χ0v) is 18.4. The molecule has 29 heavy (non-hydrogen) atoms. The molecular formula is C19H20Cl2N2O5S. The molecular weight excluding hydrogens is 439 g/mol. The van der Waals surface area contributed by atoms with E-state index in [9.17, 15) is 18.0 Å². The van der Waals surface area contributed by atoms with E-state index in [2.05, 4.69) is 5.32 Å². The van der Waals surface area contributed by atoms with Crippen LogP contribution in [0.5, 0.6) is 0 Å². The van der Waals surface area contributed by atoms with Crippen molar-refractivity contribution in [3.63, 3.8) is 0 Å². The van der Waals surface area contributed by atoms with Crippen molar-refractivity contribution in [1.29, 1.82) is 0 Å². The summed E-state index contributed by atoms with van der Waals surface area (Å²) in [5.74, 6) is -1.16. The zero-order valence-electron chi connectivity index (χ0n) is 16.0. The fourth-order valence-electron chi connectivity index (χ4n) is 2.55. The second-order valence-electron chi connectivity index (χ2n) is 6.12. The SMILES string of the molecule is CCOC(=O)c1ccc(NC(=O)CN(c2cccc(Cl)c2C)S(C)(=O)=O)cc1Cl. The lowest BCUT2D eigenvalue weighted by molar-refractivity contribution is -0.114. The minimum atomic E-state index is -3.75. The largest absolute Gasteiger partial charge is 0.462 e. The Bertz CT molecular complexity index is 1040. The summed E-state index contributed by atoms with van der Waals surface area (Å²) in [6.45, 7) is 3.09. The molecule has 156 valence electrons. The Morgan fingerprint density at radius 1 is 1.14 bits per heavy atom. The van der Waals surface area contributed by atoms with Gasteiger partial charge in [0.2, 0.25) is 15.9 Å². The Morgan fingerprint density at radius 2 is 1.83 bits per heavy atom. The van der Waals surface area contributed by atoms with E-state index >= 15 is 0 Å². The van der Waals surface area contributed by atoms with Crippen molar-refractivity contribution >= 4 is 56.5 Å². The molecule has 0 aliphatic heterocycles. The van der Waals surface area contributed by atoms with Crippen molar-refractivity contribution in [2.45, 2.75) is 13.8 Å². The molecule has 0 fully saturated rings. The van der Waals surface area contributed by atoms with Crippen LogP contribution >= 0.6 is 23.2 Å². The third-order valence-electron chi connectivity index (χ3n) is 3.94. The molecule has 0 saturated heterocycles. The minimum Gasteiger partial charge on any atom is -0.462 e. The third kappa shape index (κ3) is 5.85. The summed E-state index contributed by atoms with van der Waals surface area (Å²) in [6, 6.07) is 9.10. The van der Waals surface area contributed by atoms with Crippen LogP contribution in [0.15, 0.2) is 36.4 Å². The number of anilines is 2. The van der Waals surface area contributed by atoms with Gasteiger partial charge < -0.3 is 10.1 Å². The van der Waals surface area contributed by atoms with Crippen LogP contribution < -0.4 is 9.62 Å². The summed E-state index contributed by atoms with van der Waals surface area (Å²) >= 11 is 12.2. The van der Waals surface area contributed by atoms with Gasteiger partial charge in [-0.3, -0.25) is 9.10 Å². The number of halogens is 2. The number of rotatable bonds is 7. The lowest BCUT2D eigenvalue weighted by Gasteiger charge is -2.24. The summed E-state index contributed by atoms with van der Waals surface area (Å²) < 4.78 is 30.4. The van der Waals surface area contributed by atoms with Crippen LogP contribution in [0.3, 0.4) is 0 Å². The monoisotopic (exact) mass is 458 g/mol. The number of amides is 1. The van der Waals surface area contributed by atoms with Gasteiger partial charge in [0.05, 0.1) is 29.1 Å². The molecule has 0 aliphatic carbocycles. The molecule has 0 aliphatic rings. The highest BCUT2D eigenvalue weighted by atomic mass is 35.5.